The van der Waals surface area contributed by atoms with E-state index in [1.807, 2.05) is 18.2 Å². The van der Waals surface area contributed by atoms with Crippen molar-refractivity contribution in [3.05, 3.63) is 58.6 Å². The summed E-state index contributed by atoms with van der Waals surface area (Å²) >= 11 is 6.00. The van der Waals surface area contributed by atoms with E-state index in [1.54, 1.807) is 24.3 Å². The van der Waals surface area contributed by atoms with E-state index in [9.17, 15) is 4.79 Å². The van der Waals surface area contributed by atoms with Gasteiger partial charge in [-0.15, -0.1) is 0 Å². The van der Waals surface area contributed by atoms with Gasteiger partial charge in [0.05, 0.1) is 17.2 Å². The van der Waals surface area contributed by atoms with E-state index in [2.05, 4.69) is 5.32 Å². The Hall–Kier alpha value is -2.00. The van der Waals surface area contributed by atoms with Gasteiger partial charge in [-0.2, -0.15) is 0 Å². The number of hydrogen-bond donors (Lipinski definition) is 1. The minimum absolute atomic E-state index is 0.204. The molecule has 1 amide bonds. The van der Waals surface area contributed by atoms with E-state index >= 15 is 0 Å². The van der Waals surface area contributed by atoms with E-state index in [0.717, 1.165) is 23.4 Å². The van der Waals surface area contributed by atoms with Gasteiger partial charge in [0.2, 0.25) is 0 Å². The zero-order valence-electron chi connectivity index (χ0n) is 10.2. The Balaban J connectivity index is 1.82. The molecule has 2 aromatic carbocycles. The molecular formula is C15H12ClNO2. The van der Waals surface area contributed by atoms with Crippen LogP contribution in [0.2, 0.25) is 5.02 Å². The number of benzene rings is 2. The number of halogens is 1. The fraction of sp³-hybridized carbons (Fsp3) is 0.133. The van der Waals surface area contributed by atoms with Gasteiger partial charge >= 0.3 is 0 Å². The smallest absolute Gasteiger partial charge is 0.257 e. The van der Waals surface area contributed by atoms with Crippen molar-refractivity contribution >= 4 is 23.2 Å². The number of hydrogen-bond acceptors (Lipinski definition) is 2. The molecule has 96 valence electrons. The molecule has 1 heterocycles. The SMILES string of the molecule is O=C(Nc1ccc2c(c1)CCO2)c1ccccc1Cl. The molecule has 4 heteroatoms. The molecule has 3 rings (SSSR count). The molecule has 0 unspecified atom stereocenters. The molecule has 0 atom stereocenters. The maximum atomic E-state index is 12.1. The summed E-state index contributed by atoms with van der Waals surface area (Å²) in [7, 11) is 0. The Morgan fingerprint density at radius 2 is 2.05 bits per heavy atom. The maximum Gasteiger partial charge on any atom is 0.257 e. The predicted octanol–water partition coefficient (Wildman–Crippen LogP) is 3.53. The Labute approximate surface area is 116 Å². The molecule has 2 aromatic rings. The van der Waals surface area contributed by atoms with Crippen LogP contribution in [0.25, 0.3) is 0 Å². The lowest BCUT2D eigenvalue weighted by atomic mass is 10.1. The average Bonchev–Trinajstić information content (AvgIpc) is 2.86. The van der Waals surface area contributed by atoms with Gasteiger partial charge in [-0.05, 0) is 35.9 Å². The normalized spacial score (nSPS) is 12.7. The van der Waals surface area contributed by atoms with Crippen molar-refractivity contribution < 1.29 is 9.53 Å². The first-order valence-electron chi connectivity index (χ1n) is 6.05. The standard InChI is InChI=1S/C15H12ClNO2/c16-13-4-2-1-3-12(13)15(18)17-11-5-6-14-10(9-11)7-8-19-14/h1-6,9H,7-8H2,(H,17,18). The monoisotopic (exact) mass is 273 g/mol. The summed E-state index contributed by atoms with van der Waals surface area (Å²) in [6.45, 7) is 0.706. The van der Waals surface area contributed by atoms with Crippen LogP contribution < -0.4 is 10.1 Å². The highest BCUT2D eigenvalue weighted by molar-refractivity contribution is 6.34. The quantitative estimate of drug-likeness (QED) is 0.909. The van der Waals surface area contributed by atoms with Crippen molar-refractivity contribution in [3.63, 3.8) is 0 Å². The van der Waals surface area contributed by atoms with Gasteiger partial charge in [0.25, 0.3) is 5.91 Å². The van der Waals surface area contributed by atoms with E-state index in [4.69, 9.17) is 16.3 Å². The van der Waals surface area contributed by atoms with Crippen LogP contribution in [0, 0.1) is 0 Å². The topological polar surface area (TPSA) is 38.3 Å². The molecule has 0 fully saturated rings. The van der Waals surface area contributed by atoms with Gasteiger partial charge in [0, 0.05) is 12.1 Å². The van der Waals surface area contributed by atoms with E-state index in [1.165, 1.54) is 0 Å². The van der Waals surface area contributed by atoms with Crippen LogP contribution in [0.1, 0.15) is 15.9 Å². The Morgan fingerprint density at radius 1 is 1.21 bits per heavy atom. The van der Waals surface area contributed by atoms with E-state index < -0.39 is 0 Å². The number of amides is 1. The highest BCUT2D eigenvalue weighted by Gasteiger charge is 2.14. The van der Waals surface area contributed by atoms with Crippen LogP contribution in [0.3, 0.4) is 0 Å². The molecule has 3 nitrogen and oxygen atoms in total. The van der Waals surface area contributed by atoms with E-state index in [0.29, 0.717) is 17.2 Å². The molecule has 0 aliphatic carbocycles. The van der Waals surface area contributed by atoms with Crippen LogP contribution >= 0.6 is 11.6 Å². The lowest BCUT2D eigenvalue weighted by molar-refractivity contribution is 0.102. The number of carbonyl (C=O) groups is 1. The molecule has 0 saturated heterocycles. The summed E-state index contributed by atoms with van der Waals surface area (Å²) in [5.74, 6) is 0.695. The van der Waals surface area contributed by atoms with Crippen LogP contribution in [0.15, 0.2) is 42.5 Å². The van der Waals surface area contributed by atoms with Gasteiger partial charge in [-0.25, -0.2) is 0 Å². The third-order valence-electron chi connectivity index (χ3n) is 3.07. The van der Waals surface area contributed by atoms with Crippen molar-refractivity contribution in [1.82, 2.24) is 0 Å². The van der Waals surface area contributed by atoms with Gasteiger partial charge in [0.15, 0.2) is 0 Å². The average molecular weight is 274 g/mol. The molecule has 0 bridgehead atoms. The second kappa shape index (κ2) is 4.94. The number of nitrogens with one attached hydrogen (secondary N) is 1. The van der Waals surface area contributed by atoms with Gasteiger partial charge < -0.3 is 10.1 Å². The third-order valence-corrected chi connectivity index (χ3v) is 3.40. The zero-order chi connectivity index (χ0) is 13.2. The zero-order valence-corrected chi connectivity index (χ0v) is 10.9. The Kier molecular flexibility index (Phi) is 3.13. The summed E-state index contributed by atoms with van der Waals surface area (Å²) in [4.78, 5) is 12.1. The summed E-state index contributed by atoms with van der Waals surface area (Å²) in [5.41, 5.74) is 2.35. The van der Waals surface area contributed by atoms with Crippen LogP contribution in [-0.4, -0.2) is 12.5 Å². The van der Waals surface area contributed by atoms with Crippen molar-refractivity contribution in [2.45, 2.75) is 6.42 Å². The molecule has 19 heavy (non-hydrogen) atoms. The lowest BCUT2D eigenvalue weighted by Gasteiger charge is -2.08. The predicted molar refractivity (Wildman–Crippen MR) is 75.0 cm³/mol. The maximum absolute atomic E-state index is 12.1. The van der Waals surface area contributed by atoms with Crippen molar-refractivity contribution in [2.24, 2.45) is 0 Å². The minimum Gasteiger partial charge on any atom is -0.493 e. The fourth-order valence-corrected chi connectivity index (χ4v) is 2.33. The molecule has 1 aliphatic rings. The number of rotatable bonds is 2. The summed E-state index contributed by atoms with van der Waals surface area (Å²) in [6, 6.07) is 12.6. The number of anilines is 1. The van der Waals surface area contributed by atoms with Crippen molar-refractivity contribution in [1.29, 1.82) is 0 Å². The van der Waals surface area contributed by atoms with Crippen LogP contribution in [0.5, 0.6) is 5.75 Å². The first-order chi connectivity index (χ1) is 9.24. The molecule has 1 N–H and O–H groups in total. The number of carbonyl (C=O) groups excluding carboxylic acids is 1. The third kappa shape index (κ3) is 2.42. The van der Waals surface area contributed by atoms with Gasteiger partial charge in [-0.1, -0.05) is 23.7 Å². The first kappa shape index (κ1) is 12.1. The van der Waals surface area contributed by atoms with Crippen LogP contribution in [0.4, 0.5) is 5.69 Å². The van der Waals surface area contributed by atoms with Gasteiger partial charge in [0.1, 0.15) is 5.75 Å². The van der Waals surface area contributed by atoms with Gasteiger partial charge in [-0.3, -0.25) is 4.79 Å². The van der Waals surface area contributed by atoms with Crippen molar-refractivity contribution in [3.8, 4) is 5.75 Å². The van der Waals surface area contributed by atoms with E-state index in [-0.39, 0.29) is 5.91 Å². The van der Waals surface area contributed by atoms with Crippen molar-refractivity contribution in [2.75, 3.05) is 11.9 Å². The number of ether oxygens (including phenoxy) is 1. The molecule has 1 aliphatic heterocycles. The molecular weight excluding hydrogens is 262 g/mol. The highest BCUT2D eigenvalue weighted by atomic mass is 35.5. The Bertz CT molecular complexity index is 640. The minimum atomic E-state index is -0.204. The molecule has 0 spiro atoms. The fourth-order valence-electron chi connectivity index (χ4n) is 2.11. The highest BCUT2D eigenvalue weighted by Crippen LogP contribution is 2.28. The second-order valence-corrected chi connectivity index (χ2v) is 4.76. The van der Waals surface area contributed by atoms with Crippen LogP contribution in [-0.2, 0) is 6.42 Å². The summed E-state index contributed by atoms with van der Waals surface area (Å²) < 4.78 is 5.43. The molecule has 0 aromatic heterocycles. The molecule has 0 saturated carbocycles. The first-order valence-corrected chi connectivity index (χ1v) is 6.43. The second-order valence-electron chi connectivity index (χ2n) is 4.35. The number of fused-ring (bicyclic) bond motifs is 1. The lowest BCUT2D eigenvalue weighted by Crippen LogP contribution is -2.12. The summed E-state index contributed by atoms with van der Waals surface area (Å²) in [5, 5.41) is 3.30. The molecule has 0 radical (unpaired) electrons. The largest absolute Gasteiger partial charge is 0.493 e. The Morgan fingerprint density at radius 3 is 2.89 bits per heavy atom. The summed E-state index contributed by atoms with van der Waals surface area (Å²) in [6.07, 6.45) is 0.880.